The molecule has 0 atom stereocenters. The highest BCUT2D eigenvalue weighted by molar-refractivity contribution is 6.05. The zero-order valence-electron chi connectivity index (χ0n) is 28.9. The van der Waals surface area contributed by atoms with E-state index in [4.69, 9.17) is 24.2 Å². The molecule has 0 unspecified atom stereocenters. The summed E-state index contributed by atoms with van der Waals surface area (Å²) in [6.07, 6.45) is 5.44. The Balaban J connectivity index is 1.22. The highest BCUT2D eigenvalue weighted by atomic mass is 16.5. The molecule has 1 saturated heterocycles. The van der Waals surface area contributed by atoms with Crippen LogP contribution in [0, 0.1) is 6.92 Å². The van der Waals surface area contributed by atoms with E-state index in [-0.39, 0.29) is 5.91 Å². The fourth-order valence-electron chi connectivity index (χ4n) is 6.87. The standard InChI is InChI=1S/C39H43N7O4/c1-5-36(47)45-16-15-44(34-8-6-7-27(2)37(34)45)32-21-30-24-41-39(40-23-29-11-14-33(48-3)22-35(29)49-4)42-38(30)46(26-32)31-12-9-28(10-13-31)25-43-17-19-50-20-18-43/h5-14,21-22,24H,1,15-20,23,25-26H2,2-4H3,(H,40,41,42). The molecule has 0 radical (unpaired) electrons. The molecule has 3 aliphatic rings. The molecule has 50 heavy (non-hydrogen) atoms. The van der Waals surface area contributed by atoms with Crippen LogP contribution in [0.15, 0.2) is 85.2 Å². The Morgan fingerprint density at radius 1 is 1.00 bits per heavy atom. The number of hydrogen-bond acceptors (Lipinski definition) is 10. The molecule has 3 aliphatic heterocycles. The number of fused-ring (bicyclic) bond motifs is 2. The van der Waals surface area contributed by atoms with Crippen LogP contribution in [0.3, 0.4) is 0 Å². The number of amides is 1. The molecule has 11 nitrogen and oxygen atoms in total. The first-order chi connectivity index (χ1) is 24.4. The van der Waals surface area contributed by atoms with Crippen LogP contribution >= 0.6 is 0 Å². The summed E-state index contributed by atoms with van der Waals surface area (Å²) in [6, 6.07) is 20.7. The first kappa shape index (κ1) is 33.1. The summed E-state index contributed by atoms with van der Waals surface area (Å²) in [5.41, 5.74) is 8.22. The van der Waals surface area contributed by atoms with Crippen molar-refractivity contribution >= 4 is 40.8 Å². The predicted molar refractivity (Wildman–Crippen MR) is 198 cm³/mol. The molecule has 0 saturated carbocycles. The Kier molecular flexibility index (Phi) is 9.68. The summed E-state index contributed by atoms with van der Waals surface area (Å²) in [5.74, 6) is 2.70. The Bertz CT molecular complexity index is 1910. The van der Waals surface area contributed by atoms with Gasteiger partial charge < -0.3 is 34.2 Å². The van der Waals surface area contributed by atoms with Crippen molar-refractivity contribution < 1.29 is 19.0 Å². The van der Waals surface area contributed by atoms with E-state index in [0.29, 0.717) is 32.1 Å². The van der Waals surface area contributed by atoms with Gasteiger partial charge in [0.1, 0.15) is 17.3 Å². The second-order valence-corrected chi connectivity index (χ2v) is 12.6. The highest BCUT2D eigenvalue weighted by Gasteiger charge is 2.32. The van der Waals surface area contributed by atoms with Crippen molar-refractivity contribution in [1.29, 1.82) is 0 Å². The molecule has 4 aromatic rings. The summed E-state index contributed by atoms with van der Waals surface area (Å²) < 4.78 is 16.5. The Hall–Kier alpha value is -5.39. The third-order valence-electron chi connectivity index (χ3n) is 9.49. The summed E-state index contributed by atoms with van der Waals surface area (Å²) in [7, 11) is 3.29. The van der Waals surface area contributed by atoms with Crippen LogP contribution in [0.4, 0.5) is 28.8 Å². The fraction of sp³-hybridized carbons (Fsp3) is 0.308. The molecule has 3 aromatic carbocycles. The minimum atomic E-state index is -0.0948. The lowest BCUT2D eigenvalue weighted by atomic mass is 10.0. The number of anilines is 5. The van der Waals surface area contributed by atoms with Crippen LogP contribution in [-0.4, -0.2) is 80.9 Å². The number of ether oxygens (including phenoxy) is 3. The van der Waals surface area contributed by atoms with Crippen molar-refractivity contribution in [3.05, 3.63) is 107 Å². The first-order valence-electron chi connectivity index (χ1n) is 17.0. The van der Waals surface area contributed by atoms with E-state index >= 15 is 0 Å². The van der Waals surface area contributed by atoms with Gasteiger partial charge in [0.25, 0.3) is 5.91 Å². The van der Waals surface area contributed by atoms with E-state index in [1.807, 2.05) is 48.4 Å². The third kappa shape index (κ3) is 6.74. The van der Waals surface area contributed by atoms with Crippen molar-refractivity contribution in [2.45, 2.75) is 20.0 Å². The van der Waals surface area contributed by atoms with Gasteiger partial charge >= 0.3 is 0 Å². The number of methoxy groups -OCH3 is 2. The maximum atomic E-state index is 12.9. The zero-order chi connectivity index (χ0) is 34.6. The van der Waals surface area contributed by atoms with Crippen LogP contribution in [0.2, 0.25) is 0 Å². The number of aromatic nitrogens is 2. The highest BCUT2D eigenvalue weighted by Crippen LogP contribution is 2.42. The monoisotopic (exact) mass is 673 g/mol. The number of para-hydroxylation sites is 1. The maximum Gasteiger partial charge on any atom is 0.250 e. The normalized spacial score (nSPS) is 15.9. The van der Waals surface area contributed by atoms with E-state index in [2.05, 4.69) is 63.0 Å². The quantitative estimate of drug-likeness (QED) is 0.209. The smallest absolute Gasteiger partial charge is 0.250 e. The molecule has 1 amide bonds. The molecular formula is C39H43N7O4. The van der Waals surface area contributed by atoms with Gasteiger partial charge in [-0.3, -0.25) is 9.69 Å². The van der Waals surface area contributed by atoms with Gasteiger partial charge in [-0.1, -0.05) is 30.8 Å². The molecule has 7 rings (SSSR count). The van der Waals surface area contributed by atoms with Crippen molar-refractivity contribution in [3.63, 3.8) is 0 Å². The van der Waals surface area contributed by atoms with Crippen LogP contribution in [0.25, 0.3) is 6.08 Å². The second kappa shape index (κ2) is 14.6. The molecule has 1 aromatic heterocycles. The van der Waals surface area contributed by atoms with Gasteiger partial charge in [-0.05, 0) is 60.5 Å². The number of nitrogens with zero attached hydrogens (tertiary/aromatic N) is 6. The molecule has 4 heterocycles. The van der Waals surface area contributed by atoms with Crippen LogP contribution in [0.1, 0.15) is 22.3 Å². The summed E-state index contributed by atoms with van der Waals surface area (Å²) >= 11 is 0. The fourth-order valence-corrected chi connectivity index (χ4v) is 6.87. The van der Waals surface area contributed by atoms with E-state index in [0.717, 1.165) is 89.6 Å². The van der Waals surface area contributed by atoms with Crippen molar-refractivity contribution in [1.82, 2.24) is 14.9 Å². The van der Waals surface area contributed by atoms with Gasteiger partial charge in [-0.2, -0.15) is 4.98 Å². The average Bonchev–Trinajstić information content (AvgIpc) is 3.16. The average molecular weight is 674 g/mol. The number of aryl methyl sites for hydroxylation is 1. The number of carbonyl (C=O) groups excluding carboxylic acids is 1. The van der Waals surface area contributed by atoms with Crippen molar-refractivity contribution in [3.8, 4) is 11.5 Å². The minimum absolute atomic E-state index is 0.0948. The van der Waals surface area contributed by atoms with Crippen molar-refractivity contribution in [2.24, 2.45) is 0 Å². The summed E-state index contributed by atoms with van der Waals surface area (Å²) in [4.78, 5) is 31.5. The van der Waals surface area contributed by atoms with E-state index in [1.54, 1.807) is 14.2 Å². The lowest BCUT2D eigenvalue weighted by Crippen LogP contribution is -2.45. The molecule has 1 N–H and O–H groups in total. The Morgan fingerprint density at radius 3 is 2.58 bits per heavy atom. The molecule has 11 heteroatoms. The molecule has 258 valence electrons. The predicted octanol–water partition coefficient (Wildman–Crippen LogP) is 5.78. The molecule has 1 fully saturated rings. The minimum Gasteiger partial charge on any atom is -0.497 e. The second-order valence-electron chi connectivity index (χ2n) is 12.6. The molecule has 0 spiro atoms. The molecule has 0 aliphatic carbocycles. The number of carbonyl (C=O) groups is 1. The first-order valence-corrected chi connectivity index (χ1v) is 17.0. The topological polar surface area (TPSA) is 95.5 Å². The number of rotatable bonds is 10. The van der Waals surface area contributed by atoms with Crippen molar-refractivity contribution in [2.75, 3.05) is 80.2 Å². The van der Waals surface area contributed by atoms with E-state index < -0.39 is 0 Å². The molecule has 0 bridgehead atoms. The van der Waals surface area contributed by atoms with Gasteiger partial charge in [0.05, 0.1) is 45.4 Å². The van der Waals surface area contributed by atoms with E-state index in [1.165, 1.54) is 11.6 Å². The lowest BCUT2D eigenvalue weighted by Gasteiger charge is -2.42. The number of nitrogens with one attached hydrogen (secondary N) is 1. The lowest BCUT2D eigenvalue weighted by molar-refractivity contribution is -0.114. The number of benzene rings is 3. The van der Waals surface area contributed by atoms with Gasteiger partial charge in [0.2, 0.25) is 5.95 Å². The van der Waals surface area contributed by atoms with Crippen LogP contribution in [-0.2, 0) is 22.6 Å². The van der Waals surface area contributed by atoms with Gasteiger partial charge in [0.15, 0.2) is 0 Å². The SMILES string of the molecule is C=CC(=O)N1CCN(C2=Cc3cnc(NCc4ccc(OC)cc4OC)nc3N(c3ccc(CN4CCOCC4)cc3)C2)c2cccc(C)c21. The van der Waals surface area contributed by atoms with Gasteiger partial charge in [0, 0.05) is 74.0 Å². The maximum absolute atomic E-state index is 12.9. The Morgan fingerprint density at radius 2 is 1.82 bits per heavy atom. The number of hydrogen-bond donors (Lipinski definition) is 1. The van der Waals surface area contributed by atoms with Gasteiger partial charge in [-0.25, -0.2) is 4.98 Å². The third-order valence-corrected chi connectivity index (χ3v) is 9.49. The number of morpholine rings is 1. The Labute approximate surface area is 293 Å². The summed E-state index contributed by atoms with van der Waals surface area (Å²) in [6.45, 7) is 12.4. The summed E-state index contributed by atoms with van der Waals surface area (Å²) in [5, 5.41) is 3.40. The van der Waals surface area contributed by atoms with E-state index in [9.17, 15) is 4.79 Å². The largest absolute Gasteiger partial charge is 0.497 e. The zero-order valence-corrected chi connectivity index (χ0v) is 28.9. The van der Waals surface area contributed by atoms with Gasteiger partial charge in [-0.15, -0.1) is 0 Å². The molecular weight excluding hydrogens is 630 g/mol. The van der Waals surface area contributed by atoms with Crippen LogP contribution in [0.5, 0.6) is 11.5 Å². The van der Waals surface area contributed by atoms with Crippen LogP contribution < -0.4 is 29.5 Å².